The fourth-order valence-corrected chi connectivity index (χ4v) is 6.76. The molecule has 33 heavy (non-hydrogen) atoms. The fraction of sp³-hybridized carbons (Fsp3) is 0.682. The standard InChI is InChI=1S/C22H31F2N3O5S/c1-14-10-18(27-21(28)16-2-3-19-20(11-16)32-22(23,24)31-19)12-17(26-14)6-9-33(29,30)13-15-4-7-25-8-5-15/h2-3,11,14-15,17-18,25-26H,4-10,12-13H2,1H3,(H,27,28)/t14-,17+,18+/m1/s1. The topological polar surface area (TPSA) is 106 Å². The van der Waals surface area contributed by atoms with Gasteiger partial charge in [-0.25, -0.2) is 8.42 Å². The minimum Gasteiger partial charge on any atom is -0.395 e. The number of piperidine rings is 2. The number of fused-ring (bicyclic) bond motifs is 1. The van der Waals surface area contributed by atoms with E-state index in [1.165, 1.54) is 18.2 Å². The van der Waals surface area contributed by atoms with E-state index in [1.807, 2.05) is 6.92 Å². The molecule has 4 rings (SSSR count). The Labute approximate surface area is 192 Å². The summed E-state index contributed by atoms with van der Waals surface area (Å²) in [5.74, 6) is -0.101. The second kappa shape index (κ2) is 9.71. The maximum Gasteiger partial charge on any atom is 0.586 e. The third kappa shape index (κ3) is 6.54. The van der Waals surface area contributed by atoms with Gasteiger partial charge in [-0.15, -0.1) is 8.78 Å². The van der Waals surface area contributed by atoms with Gasteiger partial charge in [-0.2, -0.15) is 0 Å². The summed E-state index contributed by atoms with van der Waals surface area (Å²) in [6.45, 7) is 3.74. The van der Waals surface area contributed by atoms with Crippen LogP contribution in [0.5, 0.6) is 11.5 Å². The van der Waals surface area contributed by atoms with Crippen molar-refractivity contribution >= 4 is 15.7 Å². The Kier molecular flexibility index (Phi) is 7.11. The number of halogens is 2. The number of carbonyl (C=O) groups is 1. The molecule has 0 unspecified atom stereocenters. The summed E-state index contributed by atoms with van der Waals surface area (Å²) in [6.07, 6.45) is -0.173. The molecule has 184 valence electrons. The van der Waals surface area contributed by atoms with Crippen molar-refractivity contribution < 1.29 is 31.5 Å². The van der Waals surface area contributed by atoms with E-state index in [9.17, 15) is 22.0 Å². The minimum atomic E-state index is -3.73. The molecule has 1 amide bonds. The van der Waals surface area contributed by atoms with Crippen molar-refractivity contribution in [3.63, 3.8) is 0 Å². The fourth-order valence-electron chi connectivity index (χ4n) is 4.90. The first-order valence-corrected chi connectivity index (χ1v) is 13.3. The molecule has 11 heteroatoms. The van der Waals surface area contributed by atoms with Gasteiger partial charge in [-0.05, 0) is 76.2 Å². The van der Waals surface area contributed by atoms with Crippen LogP contribution in [0.4, 0.5) is 8.78 Å². The summed E-state index contributed by atoms with van der Waals surface area (Å²) in [6, 6.07) is 3.85. The molecule has 0 spiro atoms. The Morgan fingerprint density at radius 2 is 1.91 bits per heavy atom. The summed E-state index contributed by atoms with van der Waals surface area (Å²) in [5, 5.41) is 9.64. The molecule has 2 saturated heterocycles. The SMILES string of the molecule is C[C@@H]1C[C@H](NC(=O)c2ccc3c(c2)OC(F)(F)O3)C[C@H](CCS(=O)(=O)CC2CCNCC2)N1. The number of sulfone groups is 1. The number of carbonyl (C=O) groups excluding carboxylic acids is 1. The lowest BCUT2D eigenvalue weighted by atomic mass is 9.93. The monoisotopic (exact) mass is 487 g/mol. The highest BCUT2D eigenvalue weighted by Crippen LogP contribution is 2.41. The van der Waals surface area contributed by atoms with Crippen LogP contribution in [0.15, 0.2) is 18.2 Å². The molecule has 1 aromatic rings. The molecule has 0 bridgehead atoms. The van der Waals surface area contributed by atoms with Crippen LogP contribution in [0, 0.1) is 5.92 Å². The molecule has 0 radical (unpaired) electrons. The Hall–Kier alpha value is -1.98. The van der Waals surface area contributed by atoms with Crippen LogP contribution in [0.25, 0.3) is 0 Å². The first-order chi connectivity index (χ1) is 15.6. The van der Waals surface area contributed by atoms with Crippen LogP contribution >= 0.6 is 0 Å². The molecule has 1 aromatic carbocycles. The Morgan fingerprint density at radius 3 is 2.67 bits per heavy atom. The zero-order valence-corrected chi connectivity index (χ0v) is 19.4. The maximum absolute atomic E-state index is 13.2. The van der Waals surface area contributed by atoms with Gasteiger partial charge in [0.2, 0.25) is 0 Å². The third-order valence-corrected chi connectivity index (χ3v) is 8.29. The van der Waals surface area contributed by atoms with Gasteiger partial charge in [0.25, 0.3) is 5.91 Å². The largest absolute Gasteiger partial charge is 0.586 e. The Balaban J connectivity index is 1.30. The molecule has 3 aliphatic heterocycles. The number of rotatable bonds is 7. The van der Waals surface area contributed by atoms with Crippen molar-refractivity contribution in [2.24, 2.45) is 5.92 Å². The molecule has 3 atom stereocenters. The van der Waals surface area contributed by atoms with E-state index >= 15 is 0 Å². The number of alkyl halides is 2. The van der Waals surface area contributed by atoms with E-state index in [0.29, 0.717) is 19.3 Å². The quantitative estimate of drug-likeness (QED) is 0.541. The number of hydrogen-bond acceptors (Lipinski definition) is 7. The normalized spacial score (nSPS) is 27.3. The van der Waals surface area contributed by atoms with Crippen molar-refractivity contribution in [2.45, 2.75) is 63.4 Å². The zero-order chi connectivity index (χ0) is 23.6. The molecular formula is C22H31F2N3O5S. The van der Waals surface area contributed by atoms with E-state index in [0.717, 1.165) is 25.9 Å². The van der Waals surface area contributed by atoms with Crippen LogP contribution < -0.4 is 25.4 Å². The number of ether oxygens (including phenoxy) is 2. The predicted octanol–water partition coefficient (Wildman–Crippen LogP) is 2.05. The van der Waals surface area contributed by atoms with Crippen LogP contribution in [0.1, 0.15) is 49.4 Å². The zero-order valence-electron chi connectivity index (χ0n) is 18.6. The summed E-state index contributed by atoms with van der Waals surface area (Å²) < 4.78 is 60.4. The molecule has 0 aliphatic carbocycles. The average molecular weight is 488 g/mol. The number of nitrogens with one attached hydrogen (secondary N) is 3. The highest BCUT2D eigenvalue weighted by atomic mass is 32.2. The van der Waals surface area contributed by atoms with Crippen LogP contribution in [0.3, 0.4) is 0 Å². The van der Waals surface area contributed by atoms with Gasteiger partial charge in [0.05, 0.1) is 11.5 Å². The van der Waals surface area contributed by atoms with E-state index < -0.39 is 22.0 Å². The van der Waals surface area contributed by atoms with Gasteiger partial charge in [0, 0.05) is 23.7 Å². The second-order valence-corrected chi connectivity index (χ2v) is 11.6. The number of benzene rings is 1. The molecule has 3 aliphatic rings. The lowest BCUT2D eigenvalue weighted by molar-refractivity contribution is -0.286. The summed E-state index contributed by atoms with van der Waals surface area (Å²) in [5.41, 5.74) is 0.197. The van der Waals surface area contributed by atoms with Crippen molar-refractivity contribution in [3.8, 4) is 11.5 Å². The molecule has 2 fully saturated rings. The highest BCUT2D eigenvalue weighted by Gasteiger charge is 2.43. The summed E-state index contributed by atoms with van der Waals surface area (Å²) in [7, 11) is -3.14. The molecule has 3 N–H and O–H groups in total. The van der Waals surface area contributed by atoms with Crippen molar-refractivity contribution in [1.82, 2.24) is 16.0 Å². The summed E-state index contributed by atoms with van der Waals surface area (Å²) in [4.78, 5) is 12.7. The molecule has 0 aromatic heterocycles. The first-order valence-electron chi connectivity index (χ1n) is 11.5. The van der Waals surface area contributed by atoms with Crippen molar-refractivity contribution in [2.75, 3.05) is 24.6 Å². The van der Waals surface area contributed by atoms with Crippen LogP contribution in [-0.4, -0.2) is 63.3 Å². The second-order valence-electron chi connectivity index (χ2n) is 9.33. The third-order valence-electron chi connectivity index (χ3n) is 6.45. The lowest BCUT2D eigenvalue weighted by Gasteiger charge is -2.35. The van der Waals surface area contributed by atoms with Gasteiger partial charge in [-0.1, -0.05) is 0 Å². The summed E-state index contributed by atoms with van der Waals surface area (Å²) >= 11 is 0. The smallest absolute Gasteiger partial charge is 0.395 e. The van der Waals surface area contributed by atoms with Gasteiger partial charge >= 0.3 is 6.29 Å². The molecular weight excluding hydrogens is 456 g/mol. The lowest BCUT2D eigenvalue weighted by Crippen LogP contribution is -2.52. The van der Waals surface area contributed by atoms with Crippen molar-refractivity contribution in [3.05, 3.63) is 23.8 Å². The minimum absolute atomic E-state index is 0.0303. The molecule has 0 saturated carbocycles. The highest BCUT2D eigenvalue weighted by molar-refractivity contribution is 7.91. The van der Waals surface area contributed by atoms with E-state index in [2.05, 4.69) is 25.4 Å². The van der Waals surface area contributed by atoms with Gasteiger partial charge < -0.3 is 25.4 Å². The number of amides is 1. The Morgan fingerprint density at radius 1 is 1.18 bits per heavy atom. The van der Waals surface area contributed by atoms with Crippen LogP contribution in [-0.2, 0) is 9.84 Å². The van der Waals surface area contributed by atoms with E-state index in [4.69, 9.17) is 0 Å². The van der Waals surface area contributed by atoms with Gasteiger partial charge in [0.15, 0.2) is 21.3 Å². The Bertz CT molecular complexity index is 969. The van der Waals surface area contributed by atoms with Gasteiger partial charge in [0.1, 0.15) is 0 Å². The van der Waals surface area contributed by atoms with Crippen LogP contribution in [0.2, 0.25) is 0 Å². The van der Waals surface area contributed by atoms with Crippen molar-refractivity contribution in [1.29, 1.82) is 0 Å². The predicted molar refractivity (Wildman–Crippen MR) is 118 cm³/mol. The average Bonchev–Trinajstić information content (AvgIpc) is 3.05. The van der Waals surface area contributed by atoms with E-state index in [-0.39, 0.29) is 52.6 Å². The number of hydrogen-bond donors (Lipinski definition) is 3. The molecule has 3 heterocycles. The van der Waals surface area contributed by atoms with Gasteiger partial charge in [-0.3, -0.25) is 4.79 Å². The van der Waals surface area contributed by atoms with E-state index in [1.54, 1.807) is 0 Å². The first kappa shape index (κ1) is 24.2. The molecule has 8 nitrogen and oxygen atoms in total. The maximum atomic E-state index is 13.2.